The smallest absolute Gasteiger partial charge is 0.350 e. The highest BCUT2D eigenvalue weighted by molar-refractivity contribution is 8.01. The molecule has 2 aromatic heterocycles. The Morgan fingerprint density at radius 1 is 1.34 bits per heavy atom. The van der Waals surface area contributed by atoms with Crippen molar-refractivity contribution >= 4 is 81.3 Å². The highest BCUT2D eigenvalue weighted by Gasteiger charge is 2.53. The van der Waals surface area contributed by atoms with Crippen LogP contribution in [-0.2, 0) is 24.0 Å². The Bertz CT molecular complexity index is 1530. The van der Waals surface area contributed by atoms with Crippen molar-refractivity contribution in [2.45, 2.75) is 55.8 Å². The molecule has 4 heterocycles. The zero-order valence-electron chi connectivity index (χ0n) is 23.8. The molecule has 0 saturated carbocycles. The Labute approximate surface area is 263 Å². The van der Waals surface area contributed by atoms with Crippen molar-refractivity contribution < 1.29 is 39.2 Å². The van der Waals surface area contributed by atoms with E-state index >= 15 is 0 Å². The van der Waals surface area contributed by atoms with Crippen LogP contribution in [0.4, 0.5) is 16.8 Å². The van der Waals surface area contributed by atoms with Gasteiger partial charge in [-0.2, -0.15) is 9.36 Å². The summed E-state index contributed by atoms with van der Waals surface area (Å²) >= 11 is 3.23. The monoisotopic (exact) mass is 666 g/mol. The number of hydrogen-bond donors (Lipinski definition) is 5. The predicted molar refractivity (Wildman–Crippen MR) is 160 cm³/mol. The molecule has 44 heavy (non-hydrogen) atoms. The van der Waals surface area contributed by atoms with Crippen LogP contribution in [0.25, 0.3) is 0 Å². The number of carboxylic acids is 2. The molecule has 20 heteroatoms. The number of oxime groups is 1. The second-order valence-electron chi connectivity index (χ2n) is 10.00. The minimum Gasteiger partial charge on any atom is -0.543 e. The summed E-state index contributed by atoms with van der Waals surface area (Å²) < 4.78 is 3.93. The summed E-state index contributed by atoms with van der Waals surface area (Å²) in [7, 11) is 0. The summed E-state index contributed by atoms with van der Waals surface area (Å²) in [6.07, 6.45) is 1.98. The zero-order chi connectivity index (χ0) is 32.2. The lowest BCUT2D eigenvalue weighted by Gasteiger charge is -2.50. The van der Waals surface area contributed by atoms with Gasteiger partial charge in [0, 0.05) is 23.0 Å². The van der Waals surface area contributed by atoms with Gasteiger partial charge >= 0.3 is 5.97 Å². The Morgan fingerprint density at radius 3 is 2.73 bits per heavy atom. The Kier molecular flexibility index (Phi) is 10.1. The first kappa shape index (κ1) is 32.7. The molecule has 0 aliphatic carbocycles. The summed E-state index contributed by atoms with van der Waals surface area (Å²) in [5, 5.41) is 30.6. The zero-order valence-corrected chi connectivity index (χ0v) is 26.2. The van der Waals surface area contributed by atoms with Gasteiger partial charge in [-0.1, -0.05) is 23.5 Å². The number of thioether (sulfide) groups is 2. The fourth-order valence-corrected chi connectivity index (χ4v) is 6.71. The Hall–Kier alpha value is -4.17. The second-order valence-corrected chi connectivity index (χ2v) is 12.8. The molecule has 2 aliphatic heterocycles. The van der Waals surface area contributed by atoms with Crippen molar-refractivity contribution in [3.05, 3.63) is 23.2 Å². The number of fused-ring (bicyclic) bond motifs is 1. The quantitative estimate of drug-likeness (QED) is 0.0400. The molecule has 0 bridgehead atoms. The maximum Gasteiger partial charge on any atom is 0.350 e. The van der Waals surface area contributed by atoms with E-state index in [1.54, 1.807) is 6.07 Å². The minimum absolute atomic E-state index is 0.0100. The average molecular weight is 667 g/mol. The number of carboxylic acid groups (broad SMARTS) is 2. The fourth-order valence-electron chi connectivity index (χ4n) is 3.90. The van der Waals surface area contributed by atoms with Crippen LogP contribution in [0, 0.1) is 0 Å². The molecule has 4 rings (SSSR count). The number of H-pyrrole nitrogens is 1. The van der Waals surface area contributed by atoms with Crippen molar-refractivity contribution in [1.29, 1.82) is 0 Å². The third kappa shape index (κ3) is 7.30. The number of β-lactam (4-membered cyclic amide) rings is 1. The molecule has 236 valence electrons. The van der Waals surface area contributed by atoms with E-state index in [9.17, 15) is 29.4 Å². The maximum atomic E-state index is 13.2. The summed E-state index contributed by atoms with van der Waals surface area (Å²) in [5.74, 6) is -3.41. The Morgan fingerprint density at radius 2 is 2.09 bits per heavy atom. The normalized spacial score (nSPS) is 18.4. The van der Waals surface area contributed by atoms with Crippen LogP contribution in [0.15, 0.2) is 27.6 Å². The first-order valence-electron chi connectivity index (χ1n) is 13.2. The van der Waals surface area contributed by atoms with Gasteiger partial charge in [0.05, 0.1) is 24.3 Å². The van der Waals surface area contributed by atoms with E-state index in [0.717, 1.165) is 35.8 Å². The van der Waals surface area contributed by atoms with Gasteiger partial charge in [-0.15, -0.1) is 11.8 Å². The number of carbonyl (C=O) groups is 4. The number of carbonyl (C=O) groups excluding carboxylic acids is 3. The standard InChI is InChI=1S/C24H30N10O7S3/c1-4-5-6-27-12-7-11(25)28-23(29-12)43-9-10-8-42-19-14(18(36)34(19)15(10)20(37)38)30-17(35)13(16-31-22(26)44-33-16)32-41-24(2,3)21(39)40/h7,14,19H,4-6,8-9H2,1-3H3,(H,30,35)(H,37,38)(H,39,40)(H2,26,31,33)(H3,25,27,28,29)/b32-13-. The highest BCUT2D eigenvalue weighted by atomic mass is 32.2. The number of anilines is 3. The molecule has 2 amide bonds. The number of nitrogens with two attached hydrogens (primary N) is 2. The lowest BCUT2D eigenvalue weighted by molar-refractivity contribution is -0.417. The minimum atomic E-state index is -1.80. The molecule has 2 atom stereocenters. The summed E-state index contributed by atoms with van der Waals surface area (Å²) in [4.78, 5) is 67.4. The number of nitrogens with zero attached hydrogens (tertiary/aromatic N) is 5. The maximum absolute atomic E-state index is 13.2. The first-order valence-corrected chi connectivity index (χ1v) is 16.0. The number of nitrogen functional groups attached to an aromatic ring is 2. The van der Waals surface area contributed by atoms with Gasteiger partial charge < -0.3 is 41.9 Å². The Balaban J connectivity index is 1.49. The van der Waals surface area contributed by atoms with Crippen LogP contribution in [0.5, 0.6) is 0 Å². The largest absolute Gasteiger partial charge is 0.543 e. The predicted octanol–water partition coefficient (Wildman–Crippen LogP) is -1.10. The number of nitrogens with one attached hydrogen (secondary N) is 3. The fraction of sp³-hybridized carbons (Fsp3) is 0.458. The van der Waals surface area contributed by atoms with Gasteiger partial charge in [-0.3, -0.25) is 14.5 Å². The number of amides is 2. The van der Waals surface area contributed by atoms with Crippen molar-refractivity contribution in [1.82, 2.24) is 24.6 Å². The van der Waals surface area contributed by atoms with Gasteiger partial charge in [-0.25, -0.2) is 9.78 Å². The van der Waals surface area contributed by atoms with Gasteiger partial charge in [0.1, 0.15) is 11.4 Å². The van der Waals surface area contributed by atoms with Gasteiger partial charge in [0.15, 0.2) is 5.13 Å². The molecular weight excluding hydrogens is 637 g/mol. The summed E-state index contributed by atoms with van der Waals surface area (Å²) in [5.41, 5.74) is 9.40. The van der Waals surface area contributed by atoms with Gasteiger partial charge in [-0.05, 0) is 37.6 Å². The number of aliphatic carboxylic acids is 2. The van der Waals surface area contributed by atoms with Crippen LogP contribution >= 0.6 is 35.1 Å². The molecular formula is C24H30N10O7S3. The molecule has 2 unspecified atom stereocenters. The number of aromatic nitrogens is 4. The molecule has 0 aromatic carbocycles. The highest BCUT2D eigenvalue weighted by Crippen LogP contribution is 2.41. The van der Waals surface area contributed by atoms with E-state index < -0.39 is 46.5 Å². The molecule has 17 nitrogen and oxygen atoms in total. The van der Waals surface area contributed by atoms with Crippen LogP contribution in [0.1, 0.15) is 39.4 Å². The SMILES string of the molecule is CCCCNc1cc(N)nc(SCC2=C(C(=O)[O-])N3C(=O)C(NC(=O)/C(=N\OC(C)(C)C(=O)O)c4nsc(N)n4)C3SC2)[nH+]1. The molecule has 1 fully saturated rings. The number of hydrogen-bond acceptors (Lipinski definition) is 16. The van der Waals surface area contributed by atoms with E-state index in [1.807, 2.05) is 0 Å². The van der Waals surface area contributed by atoms with Crippen LogP contribution in [0.2, 0.25) is 0 Å². The van der Waals surface area contributed by atoms with E-state index in [2.05, 4.69) is 42.0 Å². The second kappa shape index (κ2) is 13.6. The van der Waals surface area contributed by atoms with E-state index in [-0.39, 0.29) is 34.0 Å². The molecule has 0 spiro atoms. The summed E-state index contributed by atoms with van der Waals surface area (Å²) in [6, 6.07) is 0.527. The lowest BCUT2D eigenvalue weighted by Crippen LogP contribution is -2.71. The van der Waals surface area contributed by atoms with Crippen molar-refractivity contribution in [2.24, 2.45) is 5.16 Å². The van der Waals surface area contributed by atoms with Crippen LogP contribution in [0.3, 0.4) is 0 Å². The average Bonchev–Trinajstić information content (AvgIpc) is 3.39. The van der Waals surface area contributed by atoms with E-state index in [1.165, 1.54) is 37.4 Å². The van der Waals surface area contributed by atoms with Crippen molar-refractivity contribution in [2.75, 3.05) is 34.8 Å². The lowest BCUT2D eigenvalue weighted by atomic mass is 10.0. The van der Waals surface area contributed by atoms with Gasteiger partial charge in [0.25, 0.3) is 17.0 Å². The van der Waals surface area contributed by atoms with Crippen LogP contribution < -0.4 is 32.2 Å². The van der Waals surface area contributed by atoms with E-state index in [0.29, 0.717) is 16.5 Å². The van der Waals surface area contributed by atoms with Gasteiger partial charge in [0.2, 0.25) is 28.8 Å². The summed E-state index contributed by atoms with van der Waals surface area (Å²) in [6.45, 7) is 5.25. The van der Waals surface area contributed by atoms with E-state index in [4.69, 9.17) is 16.3 Å². The van der Waals surface area contributed by atoms with Crippen LogP contribution in [-0.4, -0.2) is 88.9 Å². The first-order chi connectivity index (χ1) is 20.8. The third-order valence-electron chi connectivity index (χ3n) is 6.27. The number of unbranched alkanes of at least 4 members (excludes halogenated alkanes) is 1. The molecule has 8 N–H and O–H groups in total. The topological polar surface area (TPSA) is 265 Å². The third-order valence-corrected chi connectivity index (χ3v) is 9.11. The van der Waals surface area contributed by atoms with Crippen molar-refractivity contribution in [3.63, 3.8) is 0 Å². The molecule has 0 radical (unpaired) electrons. The number of rotatable bonds is 14. The van der Waals surface area contributed by atoms with Crippen molar-refractivity contribution in [3.8, 4) is 0 Å². The molecule has 2 aromatic rings. The molecule has 2 aliphatic rings. The molecule has 1 saturated heterocycles. The number of aromatic amines is 1.